The summed E-state index contributed by atoms with van der Waals surface area (Å²) >= 11 is 0. The van der Waals surface area contributed by atoms with Crippen LogP contribution in [0.5, 0.6) is 5.75 Å². The first-order valence-corrected chi connectivity index (χ1v) is 4.24. The fourth-order valence-electron chi connectivity index (χ4n) is 1.06. The van der Waals surface area contributed by atoms with E-state index in [1.807, 2.05) is 0 Å². The maximum atomic E-state index is 9.58. The molecule has 0 spiro atoms. The van der Waals surface area contributed by atoms with Crippen molar-refractivity contribution in [2.75, 3.05) is 13.7 Å². The molecule has 0 aromatic carbocycles. The van der Waals surface area contributed by atoms with Crippen LogP contribution >= 0.6 is 0 Å². The van der Waals surface area contributed by atoms with Crippen LogP contribution in [0.2, 0.25) is 0 Å². The van der Waals surface area contributed by atoms with Crippen LogP contribution in [0, 0.1) is 0 Å². The molecule has 0 saturated carbocycles. The lowest BCUT2D eigenvalue weighted by atomic mass is 10.1. The van der Waals surface area contributed by atoms with Crippen molar-refractivity contribution in [2.24, 2.45) is 5.73 Å². The van der Waals surface area contributed by atoms with Crippen molar-refractivity contribution >= 4 is 0 Å². The number of nitrogens with zero attached hydrogens (tertiary/aromatic N) is 1. The van der Waals surface area contributed by atoms with Crippen molar-refractivity contribution < 1.29 is 14.9 Å². The summed E-state index contributed by atoms with van der Waals surface area (Å²) in [6, 6.07) is 1.61. The number of ether oxygens (including phenoxy) is 1. The van der Waals surface area contributed by atoms with Crippen LogP contribution in [0.1, 0.15) is 11.7 Å². The molecule has 0 radical (unpaired) electrons. The Morgan fingerprint density at radius 3 is 2.79 bits per heavy atom. The van der Waals surface area contributed by atoms with Gasteiger partial charge in [0, 0.05) is 18.3 Å². The molecule has 78 valence electrons. The Balaban J connectivity index is 2.83. The molecule has 0 saturated heterocycles. The first-order valence-electron chi connectivity index (χ1n) is 4.24. The van der Waals surface area contributed by atoms with Crippen molar-refractivity contribution in [1.29, 1.82) is 0 Å². The van der Waals surface area contributed by atoms with E-state index in [0.29, 0.717) is 11.3 Å². The SMILES string of the molecule is COc1cncc(C(O)C(O)CN)c1. The number of aromatic nitrogens is 1. The van der Waals surface area contributed by atoms with Gasteiger partial charge in [-0.2, -0.15) is 0 Å². The van der Waals surface area contributed by atoms with Gasteiger partial charge in [0.25, 0.3) is 0 Å². The highest BCUT2D eigenvalue weighted by atomic mass is 16.5. The van der Waals surface area contributed by atoms with Crippen LogP contribution in [0.3, 0.4) is 0 Å². The molecule has 5 heteroatoms. The third-order valence-corrected chi connectivity index (χ3v) is 1.92. The second kappa shape index (κ2) is 4.90. The number of hydrogen-bond acceptors (Lipinski definition) is 5. The van der Waals surface area contributed by atoms with E-state index < -0.39 is 12.2 Å². The Labute approximate surface area is 82.2 Å². The number of hydrogen-bond donors (Lipinski definition) is 3. The first-order chi connectivity index (χ1) is 6.69. The molecule has 2 unspecified atom stereocenters. The molecule has 0 fully saturated rings. The van der Waals surface area contributed by atoms with E-state index in [1.165, 1.54) is 19.5 Å². The number of rotatable bonds is 4. The normalized spacial score (nSPS) is 14.9. The lowest BCUT2D eigenvalue weighted by Crippen LogP contribution is -2.27. The van der Waals surface area contributed by atoms with Gasteiger partial charge >= 0.3 is 0 Å². The van der Waals surface area contributed by atoms with Gasteiger partial charge in [-0.1, -0.05) is 0 Å². The zero-order valence-corrected chi connectivity index (χ0v) is 7.92. The highest BCUT2D eigenvalue weighted by Gasteiger charge is 2.17. The summed E-state index contributed by atoms with van der Waals surface area (Å²) in [5.41, 5.74) is 5.71. The molecule has 1 rings (SSSR count). The predicted molar refractivity (Wildman–Crippen MR) is 50.8 cm³/mol. The molecule has 4 N–H and O–H groups in total. The molecule has 1 aromatic rings. The lowest BCUT2D eigenvalue weighted by Gasteiger charge is -2.16. The molecule has 0 aliphatic heterocycles. The topological polar surface area (TPSA) is 88.6 Å². The Morgan fingerprint density at radius 1 is 1.50 bits per heavy atom. The van der Waals surface area contributed by atoms with Crippen LogP contribution in [0.15, 0.2) is 18.5 Å². The Morgan fingerprint density at radius 2 is 2.21 bits per heavy atom. The minimum atomic E-state index is -1.03. The maximum Gasteiger partial charge on any atom is 0.137 e. The summed E-state index contributed by atoms with van der Waals surface area (Å²) in [4.78, 5) is 3.86. The van der Waals surface area contributed by atoms with Gasteiger partial charge in [0.05, 0.1) is 19.4 Å². The summed E-state index contributed by atoms with van der Waals surface area (Å²) < 4.78 is 4.93. The number of methoxy groups -OCH3 is 1. The van der Waals surface area contributed by atoms with Crippen LogP contribution in [0.25, 0.3) is 0 Å². The van der Waals surface area contributed by atoms with Crippen LogP contribution in [-0.4, -0.2) is 35.0 Å². The molecule has 0 amide bonds. The molecule has 0 aliphatic rings. The van der Waals surface area contributed by atoms with Gasteiger partial charge in [-0.3, -0.25) is 4.98 Å². The fourth-order valence-corrected chi connectivity index (χ4v) is 1.06. The van der Waals surface area contributed by atoms with Crippen molar-refractivity contribution in [1.82, 2.24) is 4.98 Å². The molecule has 1 heterocycles. The second-order valence-corrected chi connectivity index (χ2v) is 2.91. The molecule has 1 aromatic heterocycles. The van der Waals surface area contributed by atoms with Crippen LogP contribution in [-0.2, 0) is 0 Å². The van der Waals surface area contributed by atoms with Crippen molar-refractivity contribution in [2.45, 2.75) is 12.2 Å². The zero-order chi connectivity index (χ0) is 10.6. The molecule has 0 aliphatic carbocycles. The highest BCUT2D eigenvalue weighted by molar-refractivity contribution is 5.25. The molecular formula is C9H14N2O3. The van der Waals surface area contributed by atoms with E-state index in [1.54, 1.807) is 6.07 Å². The smallest absolute Gasteiger partial charge is 0.137 e. The summed E-state index contributed by atoms with van der Waals surface area (Å²) in [7, 11) is 1.51. The van der Waals surface area contributed by atoms with Gasteiger partial charge in [-0.25, -0.2) is 0 Å². The van der Waals surface area contributed by atoms with E-state index in [4.69, 9.17) is 10.5 Å². The molecule has 0 bridgehead atoms. The van der Waals surface area contributed by atoms with E-state index in [2.05, 4.69) is 4.98 Å². The third kappa shape index (κ3) is 2.41. The Kier molecular flexibility index (Phi) is 3.82. The van der Waals surface area contributed by atoms with E-state index >= 15 is 0 Å². The van der Waals surface area contributed by atoms with Gasteiger partial charge in [0.2, 0.25) is 0 Å². The van der Waals surface area contributed by atoms with Crippen molar-refractivity contribution in [3.05, 3.63) is 24.0 Å². The Bertz CT molecular complexity index is 293. The average molecular weight is 198 g/mol. The number of nitrogens with two attached hydrogens (primary N) is 1. The number of aliphatic hydroxyl groups excluding tert-OH is 2. The molecule has 2 atom stereocenters. The van der Waals surface area contributed by atoms with Gasteiger partial charge in [-0.05, 0) is 6.07 Å². The van der Waals surface area contributed by atoms with Crippen LogP contribution in [0.4, 0.5) is 0 Å². The second-order valence-electron chi connectivity index (χ2n) is 2.91. The van der Waals surface area contributed by atoms with E-state index in [-0.39, 0.29) is 6.54 Å². The van der Waals surface area contributed by atoms with E-state index in [9.17, 15) is 10.2 Å². The van der Waals surface area contributed by atoms with Gasteiger partial charge in [0.15, 0.2) is 0 Å². The molecular weight excluding hydrogens is 184 g/mol. The monoisotopic (exact) mass is 198 g/mol. The summed E-state index contributed by atoms with van der Waals surface area (Å²) in [6.07, 6.45) is 0.975. The minimum absolute atomic E-state index is 0.00161. The minimum Gasteiger partial charge on any atom is -0.495 e. The average Bonchev–Trinajstić information content (AvgIpc) is 2.27. The van der Waals surface area contributed by atoms with E-state index in [0.717, 1.165) is 0 Å². The first kappa shape index (κ1) is 10.9. The largest absolute Gasteiger partial charge is 0.495 e. The maximum absolute atomic E-state index is 9.58. The number of aliphatic hydroxyl groups is 2. The molecule has 5 nitrogen and oxygen atoms in total. The van der Waals surface area contributed by atoms with Gasteiger partial charge in [0.1, 0.15) is 11.9 Å². The fraction of sp³-hybridized carbons (Fsp3) is 0.444. The van der Waals surface area contributed by atoms with Crippen molar-refractivity contribution in [3.63, 3.8) is 0 Å². The summed E-state index contributed by atoms with van der Waals surface area (Å²) in [6.45, 7) is -0.00161. The molecule has 14 heavy (non-hydrogen) atoms. The predicted octanol–water partition coefficient (Wildman–Crippen LogP) is -0.557. The quantitative estimate of drug-likeness (QED) is 0.603. The summed E-state index contributed by atoms with van der Waals surface area (Å²) in [5.74, 6) is 0.533. The standard InChI is InChI=1S/C9H14N2O3/c1-14-7-2-6(4-11-5-7)9(13)8(12)3-10/h2,4-5,8-9,12-13H,3,10H2,1H3. The number of pyridine rings is 1. The van der Waals surface area contributed by atoms with Gasteiger partial charge in [-0.15, -0.1) is 0 Å². The van der Waals surface area contributed by atoms with Gasteiger partial charge < -0.3 is 20.7 Å². The lowest BCUT2D eigenvalue weighted by molar-refractivity contribution is 0.0240. The van der Waals surface area contributed by atoms with Crippen LogP contribution < -0.4 is 10.5 Å². The Hall–Kier alpha value is -1.17. The van der Waals surface area contributed by atoms with Crippen molar-refractivity contribution in [3.8, 4) is 5.75 Å². The third-order valence-electron chi connectivity index (χ3n) is 1.92. The summed E-state index contributed by atoms with van der Waals surface area (Å²) in [5, 5.41) is 18.9. The highest BCUT2D eigenvalue weighted by Crippen LogP contribution is 2.19. The zero-order valence-electron chi connectivity index (χ0n) is 7.92.